The van der Waals surface area contributed by atoms with Gasteiger partial charge in [0.1, 0.15) is 18.2 Å². The number of carbonyl (C=O) groups excluding carboxylic acids is 1. The first-order valence-electron chi connectivity index (χ1n) is 23.9. The van der Waals surface area contributed by atoms with Gasteiger partial charge in [0.05, 0.1) is 40.1 Å². The Kier molecular flexibility index (Phi) is 13.9. The van der Waals surface area contributed by atoms with Crippen LogP contribution in [0, 0.1) is 23.2 Å². The molecule has 4 saturated carbocycles. The number of carboxylic acids is 1. The van der Waals surface area contributed by atoms with E-state index in [4.69, 9.17) is 24.1 Å². The van der Waals surface area contributed by atoms with E-state index in [1.54, 1.807) is 24.4 Å². The second-order valence-corrected chi connectivity index (χ2v) is 25.2. The van der Waals surface area contributed by atoms with E-state index in [9.17, 15) is 36.1 Å². The van der Waals surface area contributed by atoms with Crippen LogP contribution in [0.25, 0.3) is 21.3 Å². The van der Waals surface area contributed by atoms with Crippen LogP contribution in [0.15, 0.2) is 54.7 Å². The zero-order valence-electron chi connectivity index (χ0n) is 40.4. The number of nitrogens with one attached hydrogen (secondary N) is 2. The highest BCUT2D eigenvalue weighted by atomic mass is 32.2. The van der Waals surface area contributed by atoms with Crippen LogP contribution in [0.1, 0.15) is 90.0 Å². The fraction of sp³-hybridized carbons (Fsp3) is 0.531. The summed E-state index contributed by atoms with van der Waals surface area (Å²) in [7, 11) is -6.34. The molecule has 3 aromatic heterocycles. The third-order valence-corrected chi connectivity index (χ3v) is 17.1. The molecule has 10 rings (SSSR count). The molecule has 2 aromatic carbocycles. The molecule has 71 heavy (non-hydrogen) atoms. The standard InChI is InChI=1S/C49H62N8O11S3/c1-32-36(23-51-57(32)31-48-26-46(2)25-47(3,27-48)29-49(28-46,30-48)68-20-17-55(4)18-22-71(64,65)66)34-10-12-41(53-42(34)44(59)60)56-16-13-33-37(24-56)35(9-11-39(33)67-19-14-50-15-21-70(61,62)63)43(58)54-45-52-38-7-5-6-8-40(38)69-45/h5-12,23,50H,13-22,24-31H2,1-4H3,(H,59,60)(H,52,54,58)(H,61,62,63)(H,64,65,66). The lowest BCUT2D eigenvalue weighted by Crippen LogP contribution is -2.64. The molecule has 5 aromatic rings. The molecule has 382 valence electrons. The Hall–Kier alpha value is -5.07. The van der Waals surface area contributed by atoms with Gasteiger partial charge >= 0.3 is 5.97 Å². The lowest BCUT2D eigenvalue weighted by molar-refractivity contribution is -0.248. The molecule has 1 aliphatic heterocycles. The second-order valence-electron chi connectivity index (χ2n) is 21.0. The average Bonchev–Trinajstić information content (AvgIpc) is 3.85. The summed E-state index contributed by atoms with van der Waals surface area (Å²) in [6, 6.07) is 14.6. The molecule has 0 saturated heterocycles. The summed E-state index contributed by atoms with van der Waals surface area (Å²) < 4.78 is 79.2. The summed E-state index contributed by atoms with van der Waals surface area (Å²) in [6.45, 7) is 9.77. The minimum atomic E-state index is -4.10. The third-order valence-electron chi connectivity index (χ3n) is 14.8. The maximum atomic E-state index is 14.1. The Morgan fingerprint density at radius 2 is 1.61 bits per heavy atom. The van der Waals surface area contributed by atoms with Crippen molar-refractivity contribution in [2.45, 2.75) is 84.4 Å². The number of thiazole rings is 1. The lowest BCUT2D eigenvalue weighted by atomic mass is 9.39. The quantitative estimate of drug-likeness (QED) is 0.0406. The fourth-order valence-electron chi connectivity index (χ4n) is 13.0. The summed E-state index contributed by atoms with van der Waals surface area (Å²) in [5.41, 5.74) is 4.21. The van der Waals surface area contributed by atoms with E-state index in [-0.39, 0.29) is 65.4 Å². The molecule has 5 N–H and O–H groups in total. The van der Waals surface area contributed by atoms with Gasteiger partial charge in [-0.1, -0.05) is 37.3 Å². The van der Waals surface area contributed by atoms with Crippen molar-refractivity contribution in [3.05, 3.63) is 82.8 Å². The van der Waals surface area contributed by atoms with E-state index < -0.39 is 32.0 Å². The number of likely N-dealkylation sites (N-methyl/N-ethyl adjacent to an activating group) is 1. The molecule has 19 nitrogen and oxygen atoms in total. The highest BCUT2D eigenvalue weighted by molar-refractivity contribution is 7.86. The molecule has 0 radical (unpaired) electrons. The van der Waals surface area contributed by atoms with Gasteiger partial charge in [0.25, 0.3) is 26.1 Å². The summed E-state index contributed by atoms with van der Waals surface area (Å²) in [6.07, 6.45) is 8.10. The maximum absolute atomic E-state index is 14.1. The largest absolute Gasteiger partial charge is 0.492 e. The summed E-state index contributed by atoms with van der Waals surface area (Å²) >= 11 is 1.37. The second kappa shape index (κ2) is 19.4. The number of nitrogens with zero attached hydrogens (tertiary/aromatic N) is 6. The van der Waals surface area contributed by atoms with Crippen LogP contribution in [0.3, 0.4) is 0 Å². The smallest absolute Gasteiger partial charge is 0.355 e. The van der Waals surface area contributed by atoms with Gasteiger partial charge in [0.2, 0.25) is 0 Å². The van der Waals surface area contributed by atoms with Gasteiger partial charge in [0.15, 0.2) is 10.8 Å². The van der Waals surface area contributed by atoms with Crippen molar-refractivity contribution in [3.8, 4) is 16.9 Å². The van der Waals surface area contributed by atoms with Crippen molar-refractivity contribution in [2.24, 2.45) is 16.2 Å². The maximum Gasteiger partial charge on any atom is 0.355 e. The third kappa shape index (κ3) is 11.4. The topological polar surface area (TPSA) is 256 Å². The van der Waals surface area contributed by atoms with Gasteiger partial charge < -0.3 is 29.7 Å². The van der Waals surface area contributed by atoms with Crippen LogP contribution in [0.4, 0.5) is 10.9 Å². The molecule has 4 heterocycles. The molecule has 2 atom stereocenters. The van der Waals surface area contributed by atoms with E-state index in [0.29, 0.717) is 78.2 Å². The molecular weight excluding hydrogens is 973 g/mol. The number of para-hydroxylation sites is 1. The number of amides is 1. The molecule has 4 bridgehead atoms. The van der Waals surface area contributed by atoms with E-state index in [1.165, 1.54) is 11.3 Å². The Morgan fingerprint density at radius 3 is 2.32 bits per heavy atom. The molecule has 4 fully saturated rings. The van der Waals surface area contributed by atoms with E-state index in [2.05, 4.69) is 29.5 Å². The molecular formula is C49H62N8O11S3. The van der Waals surface area contributed by atoms with E-state index >= 15 is 0 Å². The lowest BCUT2D eigenvalue weighted by Gasteiger charge is -2.69. The van der Waals surface area contributed by atoms with Crippen molar-refractivity contribution < 1.29 is 50.1 Å². The number of pyridine rings is 1. The Bertz CT molecular complexity index is 3040. The molecule has 22 heteroatoms. The SMILES string of the molecule is Cc1c(-c2ccc(N3CCc4c(OCCNCCS(=O)(=O)O)ccc(C(=O)Nc5nc6ccccc6s5)c4C3)nc2C(=O)O)cnn1CC12CC3(C)CC(C)(C1)CC(OCCN(C)CCS(=O)(=O)O)(C3)C2. The Labute approximate surface area is 417 Å². The van der Waals surface area contributed by atoms with Gasteiger partial charge in [-0.3, -0.25) is 23.9 Å². The zero-order chi connectivity index (χ0) is 50.6. The summed E-state index contributed by atoms with van der Waals surface area (Å²) in [5.74, 6) is -1.31. The fourth-order valence-corrected chi connectivity index (χ4v) is 14.8. The van der Waals surface area contributed by atoms with E-state index in [0.717, 1.165) is 60.0 Å². The first-order chi connectivity index (χ1) is 33.5. The predicted octanol–water partition coefficient (Wildman–Crippen LogP) is 6.19. The van der Waals surface area contributed by atoms with Crippen molar-refractivity contribution in [1.29, 1.82) is 0 Å². The number of hydrogen-bond donors (Lipinski definition) is 5. The number of rotatable bonds is 21. The van der Waals surface area contributed by atoms with Crippen molar-refractivity contribution in [1.82, 2.24) is 30.0 Å². The Balaban J connectivity index is 0.939. The van der Waals surface area contributed by atoms with Crippen molar-refractivity contribution in [3.63, 3.8) is 0 Å². The number of fused-ring (bicyclic) bond motifs is 2. The normalized spacial score (nSPS) is 23.9. The van der Waals surface area contributed by atoms with Crippen LogP contribution in [-0.4, -0.2) is 138 Å². The number of hydrogen-bond acceptors (Lipinski definition) is 15. The number of ether oxygens (including phenoxy) is 2. The van der Waals surface area contributed by atoms with Crippen LogP contribution < -0.4 is 20.3 Å². The average molecular weight is 1040 g/mol. The monoisotopic (exact) mass is 1030 g/mol. The number of anilines is 2. The highest BCUT2D eigenvalue weighted by Gasteiger charge is 2.66. The summed E-state index contributed by atoms with van der Waals surface area (Å²) in [4.78, 5) is 40.3. The van der Waals surface area contributed by atoms with Gasteiger partial charge in [-0.15, -0.1) is 0 Å². The van der Waals surface area contributed by atoms with Crippen LogP contribution in [0.5, 0.6) is 5.75 Å². The predicted molar refractivity (Wildman–Crippen MR) is 270 cm³/mol. The van der Waals surface area contributed by atoms with Crippen molar-refractivity contribution >= 4 is 64.6 Å². The number of carbonyl (C=O) groups is 2. The molecule has 0 spiro atoms. The number of aromatic carboxylic acids is 1. The van der Waals surface area contributed by atoms with Crippen LogP contribution in [0.2, 0.25) is 0 Å². The molecule has 1 amide bonds. The van der Waals surface area contributed by atoms with Gasteiger partial charge in [-0.25, -0.2) is 14.8 Å². The zero-order valence-corrected chi connectivity index (χ0v) is 42.9. The van der Waals surface area contributed by atoms with E-state index in [1.807, 2.05) is 58.8 Å². The first-order valence-corrected chi connectivity index (χ1v) is 27.9. The molecule has 5 aliphatic rings. The first kappa shape index (κ1) is 50.9. The van der Waals surface area contributed by atoms with Gasteiger partial charge in [0, 0.05) is 73.8 Å². The number of aromatic nitrogens is 4. The highest BCUT2D eigenvalue weighted by Crippen LogP contribution is 2.72. The minimum Gasteiger partial charge on any atom is -0.492 e. The minimum absolute atomic E-state index is 0.0525. The molecule has 2 unspecified atom stereocenters. The van der Waals surface area contributed by atoms with Gasteiger partial charge in [-0.2, -0.15) is 21.9 Å². The van der Waals surface area contributed by atoms with Crippen LogP contribution >= 0.6 is 11.3 Å². The summed E-state index contributed by atoms with van der Waals surface area (Å²) in [5, 5.41) is 22.0. The number of carboxylic acid groups (broad SMARTS) is 1. The number of benzene rings is 2. The Morgan fingerprint density at radius 1 is 0.859 bits per heavy atom. The van der Waals surface area contributed by atoms with Crippen LogP contribution in [-0.2, 0) is 44.5 Å². The van der Waals surface area contributed by atoms with Gasteiger partial charge in [-0.05, 0) is 117 Å². The van der Waals surface area contributed by atoms with Crippen molar-refractivity contribution in [2.75, 3.05) is 74.7 Å². The molecule has 4 aliphatic carbocycles.